The van der Waals surface area contributed by atoms with Crippen LogP contribution < -0.4 is 5.32 Å². The maximum absolute atomic E-state index is 12.3. The molecule has 0 atom stereocenters. The number of hydrogen-bond acceptors (Lipinski definition) is 5. The van der Waals surface area contributed by atoms with Crippen LogP contribution in [0, 0.1) is 0 Å². The largest absolute Gasteiger partial charge is 0.304 e. The molecule has 0 saturated carbocycles. The lowest BCUT2D eigenvalue weighted by Gasteiger charge is -2.03. The molecule has 4 aromatic rings. The summed E-state index contributed by atoms with van der Waals surface area (Å²) in [5.74, 6) is 0.585. The first-order valence-corrected chi connectivity index (χ1v) is 7.30. The number of aromatic nitrogens is 5. The average molecular weight is 316 g/mol. The zero-order chi connectivity index (χ0) is 16.4. The number of fused-ring (bicyclic) bond motifs is 1. The molecule has 0 unspecified atom stereocenters. The molecule has 116 valence electrons. The molecule has 0 saturated heterocycles. The summed E-state index contributed by atoms with van der Waals surface area (Å²) in [5, 5.41) is 10.3. The molecule has 1 aromatic carbocycles. The third-order valence-electron chi connectivity index (χ3n) is 3.44. The molecule has 0 spiro atoms. The summed E-state index contributed by atoms with van der Waals surface area (Å²) in [5.41, 5.74) is 1.40. The van der Waals surface area contributed by atoms with Gasteiger partial charge in [0.25, 0.3) is 5.91 Å². The summed E-state index contributed by atoms with van der Waals surface area (Å²) in [6.45, 7) is 0. The SMILES string of the molecule is O=C(Nc1ccc2cccnc2n1)c1nc(-c2ccccc2)n[nH]1. The number of carbonyl (C=O) groups is 1. The third-order valence-corrected chi connectivity index (χ3v) is 3.44. The first-order valence-electron chi connectivity index (χ1n) is 7.30. The highest BCUT2D eigenvalue weighted by Gasteiger charge is 2.13. The van der Waals surface area contributed by atoms with E-state index in [0.717, 1.165) is 10.9 Å². The van der Waals surface area contributed by atoms with Gasteiger partial charge in [-0.2, -0.15) is 5.10 Å². The Balaban J connectivity index is 1.56. The number of benzene rings is 1. The number of anilines is 1. The highest BCUT2D eigenvalue weighted by molar-refractivity contribution is 6.01. The zero-order valence-electron chi connectivity index (χ0n) is 12.5. The smallest absolute Gasteiger partial charge is 0.294 e. The van der Waals surface area contributed by atoms with Crippen molar-refractivity contribution in [2.24, 2.45) is 0 Å². The Labute approximate surface area is 136 Å². The van der Waals surface area contributed by atoms with Gasteiger partial charge in [-0.05, 0) is 24.3 Å². The van der Waals surface area contributed by atoms with Crippen molar-refractivity contribution in [1.29, 1.82) is 0 Å². The Bertz CT molecular complexity index is 1010. The molecule has 0 bridgehead atoms. The number of H-pyrrole nitrogens is 1. The van der Waals surface area contributed by atoms with E-state index in [1.165, 1.54) is 0 Å². The van der Waals surface area contributed by atoms with Gasteiger partial charge >= 0.3 is 0 Å². The number of carbonyl (C=O) groups excluding carboxylic acids is 1. The number of hydrogen-bond donors (Lipinski definition) is 2. The first kappa shape index (κ1) is 14.0. The molecule has 7 heteroatoms. The van der Waals surface area contributed by atoms with Gasteiger partial charge < -0.3 is 5.32 Å². The fourth-order valence-corrected chi connectivity index (χ4v) is 2.28. The Morgan fingerprint density at radius 2 is 1.83 bits per heavy atom. The van der Waals surface area contributed by atoms with E-state index in [2.05, 4.69) is 30.5 Å². The summed E-state index contributed by atoms with van der Waals surface area (Å²) in [4.78, 5) is 25.0. The average Bonchev–Trinajstić information content (AvgIpc) is 3.13. The van der Waals surface area contributed by atoms with Gasteiger partial charge in [-0.3, -0.25) is 9.89 Å². The highest BCUT2D eigenvalue weighted by atomic mass is 16.2. The Morgan fingerprint density at radius 1 is 0.958 bits per heavy atom. The van der Waals surface area contributed by atoms with Gasteiger partial charge in [0.05, 0.1) is 0 Å². The second-order valence-electron chi connectivity index (χ2n) is 5.07. The van der Waals surface area contributed by atoms with Crippen LogP contribution in [0.1, 0.15) is 10.6 Å². The van der Waals surface area contributed by atoms with Gasteiger partial charge in [0.2, 0.25) is 5.82 Å². The summed E-state index contributed by atoms with van der Waals surface area (Å²) >= 11 is 0. The molecular weight excluding hydrogens is 304 g/mol. The molecule has 0 aliphatic carbocycles. The number of aromatic amines is 1. The van der Waals surface area contributed by atoms with Crippen molar-refractivity contribution >= 4 is 22.8 Å². The van der Waals surface area contributed by atoms with E-state index >= 15 is 0 Å². The quantitative estimate of drug-likeness (QED) is 0.605. The van der Waals surface area contributed by atoms with Gasteiger partial charge in [-0.15, -0.1) is 0 Å². The minimum absolute atomic E-state index is 0.122. The van der Waals surface area contributed by atoms with E-state index in [0.29, 0.717) is 17.3 Å². The second-order valence-corrected chi connectivity index (χ2v) is 5.07. The van der Waals surface area contributed by atoms with E-state index in [-0.39, 0.29) is 5.82 Å². The molecule has 2 N–H and O–H groups in total. The molecular formula is C17H12N6O. The van der Waals surface area contributed by atoms with Gasteiger partial charge in [0.1, 0.15) is 5.82 Å². The van der Waals surface area contributed by atoms with Gasteiger partial charge in [-0.1, -0.05) is 30.3 Å². The van der Waals surface area contributed by atoms with Crippen molar-refractivity contribution in [2.75, 3.05) is 5.32 Å². The minimum Gasteiger partial charge on any atom is -0.304 e. The van der Waals surface area contributed by atoms with Gasteiger partial charge in [-0.25, -0.2) is 15.0 Å². The van der Waals surface area contributed by atoms with Crippen molar-refractivity contribution in [2.45, 2.75) is 0 Å². The van der Waals surface area contributed by atoms with E-state index in [1.807, 2.05) is 48.5 Å². The van der Waals surface area contributed by atoms with Crippen LogP contribution in [0.3, 0.4) is 0 Å². The van der Waals surface area contributed by atoms with Crippen LogP contribution in [0.15, 0.2) is 60.8 Å². The van der Waals surface area contributed by atoms with Crippen LogP contribution in [0.2, 0.25) is 0 Å². The van der Waals surface area contributed by atoms with E-state index in [1.54, 1.807) is 12.3 Å². The lowest BCUT2D eigenvalue weighted by Crippen LogP contribution is -2.14. The standard InChI is InChI=1S/C17H12N6O/c24-17(16-21-15(22-23-16)11-5-2-1-3-6-11)20-13-9-8-12-7-4-10-18-14(12)19-13/h1-10H,(H,21,22,23)(H,18,19,20,24). The van der Waals surface area contributed by atoms with Crippen LogP contribution in [-0.2, 0) is 0 Å². The van der Waals surface area contributed by atoms with Crippen LogP contribution in [-0.4, -0.2) is 31.1 Å². The molecule has 3 aromatic heterocycles. The van der Waals surface area contributed by atoms with Crippen LogP contribution in [0.4, 0.5) is 5.82 Å². The maximum Gasteiger partial charge on any atom is 0.294 e. The molecule has 24 heavy (non-hydrogen) atoms. The molecule has 0 aliphatic heterocycles. The van der Waals surface area contributed by atoms with E-state index < -0.39 is 5.91 Å². The number of rotatable bonds is 3. The molecule has 4 rings (SSSR count). The lowest BCUT2D eigenvalue weighted by molar-refractivity contribution is 0.101. The molecule has 3 heterocycles. The summed E-state index contributed by atoms with van der Waals surface area (Å²) in [6, 6.07) is 16.7. The maximum atomic E-state index is 12.3. The number of amides is 1. The van der Waals surface area contributed by atoms with Crippen LogP contribution in [0.5, 0.6) is 0 Å². The summed E-state index contributed by atoms with van der Waals surface area (Å²) < 4.78 is 0. The topological polar surface area (TPSA) is 96.5 Å². The highest BCUT2D eigenvalue weighted by Crippen LogP contribution is 2.15. The van der Waals surface area contributed by atoms with Crippen molar-refractivity contribution in [3.63, 3.8) is 0 Å². The Kier molecular flexibility index (Phi) is 3.43. The van der Waals surface area contributed by atoms with E-state index in [9.17, 15) is 4.79 Å². The lowest BCUT2D eigenvalue weighted by atomic mass is 10.2. The summed E-state index contributed by atoms with van der Waals surface area (Å²) in [6.07, 6.45) is 1.66. The first-order chi connectivity index (χ1) is 11.8. The van der Waals surface area contributed by atoms with Crippen molar-refractivity contribution < 1.29 is 4.79 Å². The minimum atomic E-state index is -0.410. The predicted molar refractivity (Wildman–Crippen MR) is 89.3 cm³/mol. The molecule has 0 fully saturated rings. The van der Waals surface area contributed by atoms with Crippen molar-refractivity contribution in [3.8, 4) is 11.4 Å². The Hall–Kier alpha value is -3.61. The van der Waals surface area contributed by atoms with Crippen LogP contribution >= 0.6 is 0 Å². The van der Waals surface area contributed by atoms with Crippen molar-refractivity contribution in [1.82, 2.24) is 25.1 Å². The number of pyridine rings is 2. The molecule has 0 radical (unpaired) electrons. The predicted octanol–water partition coefficient (Wildman–Crippen LogP) is 2.67. The van der Waals surface area contributed by atoms with Crippen LogP contribution in [0.25, 0.3) is 22.4 Å². The zero-order valence-corrected chi connectivity index (χ0v) is 12.5. The van der Waals surface area contributed by atoms with Gasteiger partial charge in [0, 0.05) is 17.1 Å². The normalized spacial score (nSPS) is 10.7. The number of nitrogens with zero attached hydrogens (tertiary/aromatic N) is 4. The monoisotopic (exact) mass is 316 g/mol. The fourth-order valence-electron chi connectivity index (χ4n) is 2.28. The number of nitrogens with one attached hydrogen (secondary N) is 2. The second kappa shape index (κ2) is 5.88. The van der Waals surface area contributed by atoms with Gasteiger partial charge in [0.15, 0.2) is 11.5 Å². The molecule has 7 nitrogen and oxygen atoms in total. The third kappa shape index (κ3) is 2.70. The molecule has 0 aliphatic rings. The van der Waals surface area contributed by atoms with Crippen molar-refractivity contribution in [3.05, 3.63) is 66.6 Å². The molecule has 1 amide bonds. The van der Waals surface area contributed by atoms with E-state index in [4.69, 9.17) is 0 Å². The fraction of sp³-hybridized carbons (Fsp3) is 0. The Morgan fingerprint density at radius 3 is 2.71 bits per heavy atom. The summed E-state index contributed by atoms with van der Waals surface area (Å²) in [7, 11) is 0.